The van der Waals surface area contributed by atoms with Gasteiger partial charge in [0.05, 0.1) is 0 Å². The van der Waals surface area contributed by atoms with Crippen molar-refractivity contribution in [3.05, 3.63) is 29.6 Å². The van der Waals surface area contributed by atoms with Crippen molar-refractivity contribution in [1.29, 1.82) is 0 Å². The van der Waals surface area contributed by atoms with Crippen LogP contribution in [0.25, 0.3) is 0 Å². The van der Waals surface area contributed by atoms with Crippen LogP contribution in [0.4, 0.5) is 0 Å². The molecule has 0 aliphatic rings. The summed E-state index contributed by atoms with van der Waals surface area (Å²) >= 11 is 0. The highest BCUT2D eigenvalue weighted by Gasteiger charge is 2.07. The summed E-state index contributed by atoms with van der Waals surface area (Å²) in [5.74, 6) is 5.07. The molecule has 0 radical (unpaired) electrons. The van der Waals surface area contributed by atoms with E-state index in [0.29, 0.717) is 23.8 Å². The SMILES string of the molecule is CC(C)N(C)CCNC(=O)c1ccc(C#CCO)cn1. The van der Waals surface area contributed by atoms with Gasteiger partial charge >= 0.3 is 0 Å². The molecule has 1 aromatic heterocycles. The van der Waals surface area contributed by atoms with E-state index in [2.05, 4.69) is 40.9 Å². The van der Waals surface area contributed by atoms with Gasteiger partial charge in [-0.1, -0.05) is 11.8 Å². The molecule has 108 valence electrons. The topological polar surface area (TPSA) is 65.5 Å². The number of rotatable bonds is 5. The van der Waals surface area contributed by atoms with E-state index in [9.17, 15) is 4.79 Å². The Kier molecular flexibility index (Phi) is 6.71. The molecular weight excluding hydrogens is 254 g/mol. The summed E-state index contributed by atoms with van der Waals surface area (Å²) in [6.07, 6.45) is 1.53. The third-order valence-electron chi connectivity index (χ3n) is 2.94. The molecule has 0 saturated carbocycles. The number of pyridine rings is 1. The number of aliphatic hydroxyl groups is 1. The number of carbonyl (C=O) groups excluding carboxylic acids is 1. The molecule has 2 N–H and O–H groups in total. The first-order valence-corrected chi connectivity index (χ1v) is 6.58. The van der Waals surface area contributed by atoms with E-state index in [1.807, 2.05) is 7.05 Å². The highest BCUT2D eigenvalue weighted by Crippen LogP contribution is 1.99. The molecule has 0 atom stereocenters. The Balaban J connectivity index is 2.48. The van der Waals surface area contributed by atoms with Crippen LogP contribution >= 0.6 is 0 Å². The average molecular weight is 275 g/mol. The minimum Gasteiger partial charge on any atom is -0.384 e. The van der Waals surface area contributed by atoms with Crippen molar-refractivity contribution in [2.45, 2.75) is 19.9 Å². The quantitative estimate of drug-likeness (QED) is 0.768. The molecule has 0 aliphatic heterocycles. The molecule has 0 spiro atoms. The molecule has 1 aromatic rings. The zero-order chi connectivity index (χ0) is 15.0. The number of hydrogen-bond acceptors (Lipinski definition) is 4. The van der Waals surface area contributed by atoms with Crippen molar-refractivity contribution in [3.8, 4) is 11.8 Å². The highest BCUT2D eigenvalue weighted by molar-refractivity contribution is 5.92. The van der Waals surface area contributed by atoms with E-state index in [1.165, 1.54) is 6.20 Å². The fourth-order valence-electron chi connectivity index (χ4n) is 1.44. The maximum Gasteiger partial charge on any atom is 0.269 e. The average Bonchev–Trinajstić information content (AvgIpc) is 2.45. The maximum atomic E-state index is 11.9. The first-order valence-electron chi connectivity index (χ1n) is 6.58. The molecular formula is C15H21N3O2. The van der Waals surface area contributed by atoms with Crippen LogP contribution in [0.3, 0.4) is 0 Å². The number of hydrogen-bond donors (Lipinski definition) is 2. The number of carbonyl (C=O) groups is 1. The summed E-state index contributed by atoms with van der Waals surface area (Å²) in [5, 5.41) is 11.4. The van der Waals surface area contributed by atoms with Crippen molar-refractivity contribution in [3.63, 3.8) is 0 Å². The zero-order valence-corrected chi connectivity index (χ0v) is 12.2. The first-order chi connectivity index (χ1) is 9.54. The highest BCUT2D eigenvalue weighted by atomic mass is 16.2. The second-order valence-electron chi connectivity index (χ2n) is 4.72. The second kappa shape index (κ2) is 8.31. The first kappa shape index (κ1) is 16.2. The summed E-state index contributed by atoms with van der Waals surface area (Å²) in [6.45, 7) is 5.40. The van der Waals surface area contributed by atoms with Gasteiger partial charge in [-0.25, -0.2) is 4.98 Å². The van der Waals surface area contributed by atoms with Crippen molar-refractivity contribution in [2.24, 2.45) is 0 Å². The number of likely N-dealkylation sites (N-methyl/N-ethyl adjacent to an activating group) is 1. The number of aromatic nitrogens is 1. The molecule has 5 nitrogen and oxygen atoms in total. The van der Waals surface area contributed by atoms with Gasteiger partial charge in [0.15, 0.2) is 0 Å². The Bertz CT molecular complexity index is 486. The lowest BCUT2D eigenvalue weighted by Gasteiger charge is -2.20. The van der Waals surface area contributed by atoms with Crippen molar-refractivity contribution in [2.75, 3.05) is 26.7 Å². The van der Waals surface area contributed by atoms with E-state index in [4.69, 9.17) is 5.11 Å². The molecule has 1 amide bonds. The number of amides is 1. The van der Waals surface area contributed by atoms with Crippen molar-refractivity contribution >= 4 is 5.91 Å². The van der Waals surface area contributed by atoms with Gasteiger partial charge in [0, 0.05) is 30.9 Å². The van der Waals surface area contributed by atoms with Gasteiger partial charge in [0.2, 0.25) is 0 Å². The monoisotopic (exact) mass is 275 g/mol. The number of nitrogens with one attached hydrogen (secondary N) is 1. The van der Waals surface area contributed by atoms with Crippen LogP contribution in [0.2, 0.25) is 0 Å². The minimum atomic E-state index is -0.191. The predicted molar refractivity (Wildman–Crippen MR) is 78.3 cm³/mol. The standard InChI is InChI=1S/C15H21N3O2/c1-12(2)18(3)9-8-16-15(20)14-7-6-13(11-17-14)5-4-10-19/h6-7,11-12,19H,8-10H2,1-3H3,(H,16,20). The van der Waals surface area contributed by atoms with Crippen LogP contribution in [-0.4, -0.2) is 53.7 Å². The lowest BCUT2D eigenvalue weighted by atomic mass is 10.2. The van der Waals surface area contributed by atoms with Crippen LogP contribution in [0, 0.1) is 11.8 Å². The van der Waals surface area contributed by atoms with Crippen LogP contribution in [0.5, 0.6) is 0 Å². The van der Waals surface area contributed by atoms with Gasteiger partial charge < -0.3 is 15.3 Å². The van der Waals surface area contributed by atoms with Crippen LogP contribution < -0.4 is 5.32 Å². The summed E-state index contributed by atoms with van der Waals surface area (Å²) < 4.78 is 0. The lowest BCUT2D eigenvalue weighted by Crippen LogP contribution is -2.36. The molecule has 5 heteroatoms. The Morgan fingerprint density at radius 1 is 1.50 bits per heavy atom. The molecule has 0 aliphatic carbocycles. The smallest absolute Gasteiger partial charge is 0.269 e. The maximum absolute atomic E-state index is 11.9. The van der Waals surface area contributed by atoms with Gasteiger partial charge in [0.1, 0.15) is 12.3 Å². The molecule has 1 rings (SSSR count). The Hall–Kier alpha value is -1.90. The van der Waals surface area contributed by atoms with Crippen LogP contribution in [0.1, 0.15) is 29.9 Å². The van der Waals surface area contributed by atoms with Crippen molar-refractivity contribution < 1.29 is 9.90 Å². The van der Waals surface area contributed by atoms with Crippen LogP contribution in [-0.2, 0) is 0 Å². The molecule has 0 bridgehead atoms. The molecule has 0 unspecified atom stereocenters. The van der Waals surface area contributed by atoms with E-state index in [-0.39, 0.29) is 12.5 Å². The molecule has 20 heavy (non-hydrogen) atoms. The normalized spacial score (nSPS) is 10.3. The van der Waals surface area contributed by atoms with Crippen molar-refractivity contribution in [1.82, 2.24) is 15.2 Å². The van der Waals surface area contributed by atoms with Gasteiger partial charge in [-0.3, -0.25) is 4.79 Å². The largest absolute Gasteiger partial charge is 0.384 e. The fraction of sp³-hybridized carbons (Fsp3) is 0.467. The Morgan fingerprint density at radius 2 is 2.25 bits per heavy atom. The summed E-state index contributed by atoms with van der Waals surface area (Å²) in [7, 11) is 2.02. The van der Waals surface area contributed by atoms with Crippen LogP contribution in [0.15, 0.2) is 18.3 Å². The van der Waals surface area contributed by atoms with E-state index >= 15 is 0 Å². The van der Waals surface area contributed by atoms with E-state index < -0.39 is 0 Å². The summed E-state index contributed by atoms with van der Waals surface area (Å²) in [6, 6.07) is 3.79. The Morgan fingerprint density at radius 3 is 2.80 bits per heavy atom. The fourth-order valence-corrected chi connectivity index (χ4v) is 1.44. The predicted octanol–water partition coefficient (Wildman–Crippen LogP) is 0.495. The number of nitrogens with zero attached hydrogens (tertiary/aromatic N) is 2. The van der Waals surface area contributed by atoms with Gasteiger partial charge in [0.25, 0.3) is 5.91 Å². The third kappa shape index (κ3) is 5.39. The van der Waals surface area contributed by atoms with Gasteiger partial charge in [-0.05, 0) is 33.0 Å². The summed E-state index contributed by atoms with van der Waals surface area (Å²) in [4.78, 5) is 18.1. The van der Waals surface area contributed by atoms with Gasteiger partial charge in [-0.2, -0.15) is 0 Å². The summed E-state index contributed by atoms with van der Waals surface area (Å²) in [5.41, 5.74) is 1.04. The van der Waals surface area contributed by atoms with E-state index in [0.717, 1.165) is 6.54 Å². The number of aliphatic hydroxyl groups excluding tert-OH is 1. The zero-order valence-electron chi connectivity index (χ0n) is 12.2. The lowest BCUT2D eigenvalue weighted by molar-refractivity contribution is 0.0943. The second-order valence-corrected chi connectivity index (χ2v) is 4.72. The molecule has 0 saturated heterocycles. The molecule has 0 fully saturated rings. The molecule has 0 aromatic carbocycles. The molecule has 1 heterocycles. The minimum absolute atomic E-state index is 0.189. The Labute approximate surface area is 120 Å². The third-order valence-corrected chi connectivity index (χ3v) is 2.94. The van der Waals surface area contributed by atoms with E-state index in [1.54, 1.807) is 12.1 Å². The van der Waals surface area contributed by atoms with Gasteiger partial charge in [-0.15, -0.1) is 0 Å².